The van der Waals surface area contributed by atoms with Crippen LogP contribution in [0.25, 0.3) is 0 Å². The average Bonchev–Trinajstić information content (AvgIpc) is 2.32. The molecule has 1 N–H and O–H groups in total. The van der Waals surface area contributed by atoms with E-state index in [-0.39, 0.29) is 12.1 Å². The molecular weight excluding hydrogens is 269 g/mol. The zero-order valence-corrected chi connectivity index (χ0v) is 12.2. The number of rotatable bonds is 5. The summed E-state index contributed by atoms with van der Waals surface area (Å²) in [5.74, 6) is 0. The lowest BCUT2D eigenvalue weighted by Crippen LogP contribution is -2.35. The molecule has 0 aromatic carbocycles. The normalized spacial score (nSPS) is 14.3. The van der Waals surface area contributed by atoms with E-state index in [1.165, 1.54) is 0 Å². The van der Waals surface area contributed by atoms with Gasteiger partial charge in [0.1, 0.15) is 0 Å². The molecular formula is C14H21F3N2O. The lowest BCUT2D eigenvalue weighted by Gasteiger charge is -2.20. The van der Waals surface area contributed by atoms with E-state index < -0.39 is 12.3 Å². The van der Waals surface area contributed by atoms with Gasteiger partial charge in [0, 0.05) is 12.1 Å². The molecule has 0 saturated carbocycles. The SMILES string of the molecule is CC(OCc1cccc(CNC(C)(C)C)n1)C(F)(F)F. The highest BCUT2D eigenvalue weighted by molar-refractivity contribution is 5.10. The Kier molecular flexibility index (Phi) is 5.53. The Hall–Kier alpha value is -1.14. The summed E-state index contributed by atoms with van der Waals surface area (Å²) in [4.78, 5) is 4.27. The predicted octanol–water partition coefficient (Wildman–Crippen LogP) is 3.44. The van der Waals surface area contributed by atoms with Crippen LogP contribution in [0.3, 0.4) is 0 Å². The van der Waals surface area contributed by atoms with Gasteiger partial charge in [-0.25, -0.2) is 0 Å². The van der Waals surface area contributed by atoms with Crippen molar-refractivity contribution in [3.05, 3.63) is 29.6 Å². The maximum Gasteiger partial charge on any atom is 0.414 e. The molecule has 1 unspecified atom stereocenters. The van der Waals surface area contributed by atoms with Crippen LogP contribution in [0.5, 0.6) is 0 Å². The van der Waals surface area contributed by atoms with E-state index in [1.807, 2.05) is 26.8 Å². The molecule has 0 radical (unpaired) electrons. The molecule has 0 aliphatic carbocycles. The summed E-state index contributed by atoms with van der Waals surface area (Å²) in [7, 11) is 0. The summed E-state index contributed by atoms with van der Waals surface area (Å²) in [6.45, 7) is 7.50. The summed E-state index contributed by atoms with van der Waals surface area (Å²) < 4.78 is 41.8. The lowest BCUT2D eigenvalue weighted by atomic mass is 10.1. The van der Waals surface area contributed by atoms with Crippen LogP contribution in [-0.4, -0.2) is 22.8 Å². The van der Waals surface area contributed by atoms with E-state index in [9.17, 15) is 13.2 Å². The summed E-state index contributed by atoms with van der Waals surface area (Å²) in [5.41, 5.74) is 1.23. The van der Waals surface area contributed by atoms with Crippen molar-refractivity contribution in [3.8, 4) is 0 Å². The van der Waals surface area contributed by atoms with Gasteiger partial charge in [-0.3, -0.25) is 4.98 Å². The Labute approximate surface area is 117 Å². The van der Waals surface area contributed by atoms with Gasteiger partial charge < -0.3 is 10.1 Å². The van der Waals surface area contributed by atoms with E-state index in [0.717, 1.165) is 12.6 Å². The Morgan fingerprint density at radius 3 is 2.35 bits per heavy atom. The highest BCUT2D eigenvalue weighted by atomic mass is 19.4. The van der Waals surface area contributed by atoms with Crippen molar-refractivity contribution in [2.75, 3.05) is 0 Å². The van der Waals surface area contributed by atoms with Crippen molar-refractivity contribution in [1.82, 2.24) is 10.3 Å². The highest BCUT2D eigenvalue weighted by Crippen LogP contribution is 2.23. The topological polar surface area (TPSA) is 34.1 Å². The minimum absolute atomic E-state index is 0.0427. The van der Waals surface area contributed by atoms with E-state index >= 15 is 0 Å². The van der Waals surface area contributed by atoms with Gasteiger partial charge in [-0.05, 0) is 39.8 Å². The lowest BCUT2D eigenvalue weighted by molar-refractivity contribution is -0.217. The van der Waals surface area contributed by atoms with Crippen molar-refractivity contribution in [1.29, 1.82) is 0 Å². The van der Waals surface area contributed by atoms with Crippen molar-refractivity contribution in [3.63, 3.8) is 0 Å². The molecule has 0 aliphatic rings. The molecule has 0 spiro atoms. The first kappa shape index (κ1) is 16.9. The van der Waals surface area contributed by atoms with Crippen LogP contribution in [0, 0.1) is 0 Å². The fourth-order valence-electron chi connectivity index (χ4n) is 1.37. The zero-order chi connectivity index (χ0) is 15.4. The average molecular weight is 290 g/mol. The summed E-state index contributed by atoms with van der Waals surface area (Å²) in [6, 6.07) is 5.25. The fourth-order valence-corrected chi connectivity index (χ4v) is 1.37. The standard InChI is InChI=1S/C14H21F3N2O/c1-10(14(15,16)17)20-9-12-7-5-6-11(19-12)8-18-13(2,3)4/h5-7,10,18H,8-9H2,1-4H3. The molecule has 20 heavy (non-hydrogen) atoms. The number of alkyl halides is 3. The van der Waals surface area contributed by atoms with Gasteiger partial charge in [0.05, 0.1) is 18.0 Å². The van der Waals surface area contributed by atoms with Crippen molar-refractivity contribution in [2.45, 2.75) is 58.7 Å². The fraction of sp³-hybridized carbons (Fsp3) is 0.643. The van der Waals surface area contributed by atoms with E-state index in [2.05, 4.69) is 10.3 Å². The minimum atomic E-state index is -4.34. The van der Waals surface area contributed by atoms with Gasteiger partial charge in [-0.15, -0.1) is 0 Å². The second-order valence-electron chi connectivity index (χ2n) is 5.72. The molecule has 1 atom stereocenters. The van der Waals surface area contributed by atoms with Crippen LogP contribution in [0.1, 0.15) is 39.1 Å². The number of ether oxygens (including phenoxy) is 1. The molecule has 1 aromatic heterocycles. The molecule has 0 fully saturated rings. The summed E-state index contributed by atoms with van der Waals surface area (Å²) in [6.07, 6.45) is -6.13. The highest BCUT2D eigenvalue weighted by Gasteiger charge is 2.36. The smallest absolute Gasteiger partial charge is 0.363 e. The number of nitrogens with one attached hydrogen (secondary N) is 1. The van der Waals surface area contributed by atoms with Gasteiger partial charge in [0.2, 0.25) is 0 Å². The van der Waals surface area contributed by atoms with Gasteiger partial charge in [-0.2, -0.15) is 13.2 Å². The molecule has 1 heterocycles. The van der Waals surface area contributed by atoms with Crippen molar-refractivity contribution in [2.24, 2.45) is 0 Å². The molecule has 6 heteroatoms. The predicted molar refractivity (Wildman–Crippen MR) is 71.1 cm³/mol. The number of nitrogens with zero attached hydrogens (tertiary/aromatic N) is 1. The molecule has 0 saturated heterocycles. The zero-order valence-electron chi connectivity index (χ0n) is 12.2. The number of halogens is 3. The molecule has 3 nitrogen and oxygen atoms in total. The number of hydrogen-bond donors (Lipinski definition) is 1. The van der Waals surface area contributed by atoms with E-state index in [0.29, 0.717) is 12.2 Å². The van der Waals surface area contributed by atoms with Crippen LogP contribution in [0.4, 0.5) is 13.2 Å². The monoisotopic (exact) mass is 290 g/mol. The van der Waals surface area contributed by atoms with Crippen molar-refractivity contribution >= 4 is 0 Å². The minimum Gasteiger partial charge on any atom is -0.363 e. The van der Waals surface area contributed by atoms with Gasteiger partial charge in [0.25, 0.3) is 0 Å². The number of pyridine rings is 1. The Balaban J connectivity index is 2.56. The number of hydrogen-bond acceptors (Lipinski definition) is 3. The van der Waals surface area contributed by atoms with E-state index in [4.69, 9.17) is 4.74 Å². The first-order valence-corrected chi connectivity index (χ1v) is 6.46. The van der Waals surface area contributed by atoms with Crippen molar-refractivity contribution < 1.29 is 17.9 Å². The maximum absolute atomic E-state index is 12.3. The van der Waals surface area contributed by atoms with Gasteiger partial charge in [-0.1, -0.05) is 6.07 Å². The Bertz CT molecular complexity index is 427. The molecule has 0 bridgehead atoms. The van der Waals surface area contributed by atoms with Crippen LogP contribution in [0.2, 0.25) is 0 Å². The largest absolute Gasteiger partial charge is 0.414 e. The third kappa shape index (κ3) is 6.34. The van der Waals surface area contributed by atoms with Gasteiger partial charge in [0.15, 0.2) is 6.10 Å². The molecule has 0 aliphatic heterocycles. The van der Waals surface area contributed by atoms with Crippen LogP contribution in [-0.2, 0) is 17.9 Å². The number of aromatic nitrogens is 1. The Morgan fingerprint density at radius 2 is 1.80 bits per heavy atom. The Morgan fingerprint density at radius 1 is 1.20 bits per heavy atom. The van der Waals surface area contributed by atoms with Crippen LogP contribution < -0.4 is 5.32 Å². The first-order valence-electron chi connectivity index (χ1n) is 6.46. The van der Waals surface area contributed by atoms with Crippen LogP contribution in [0.15, 0.2) is 18.2 Å². The summed E-state index contributed by atoms with van der Waals surface area (Å²) in [5, 5.41) is 3.27. The molecule has 0 amide bonds. The molecule has 1 aromatic rings. The molecule has 1 rings (SSSR count). The summed E-state index contributed by atoms with van der Waals surface area (Å²) >= 11 is 0. The first-order chi connectivity index (χ1) is 9.08. The molecule has 114 valence electrons. The van der Waals surface area contributed by atoms with E-state index in [1.54, 1.807) is 12.1 Å². The second kappa shape index (κ2) is 6.54. The van der Waals surface area contributed by atoms with Gasteiger partial charge >= 0.3 is 6.18 Å². The second-order valence-corrected chi connectivity index (χ2v) is 5.72. The maximum atomic E-state index is 12.3. The van der Waals surface area contributed by atoms with Crippen LogP contribution >= 0.6 is 0 Å². The third-order valence-electron chi connectivity index (χ3n) is 2.61. The quantitative estimate of drug-likeness (QED) is 0.902. The third-order valence-corrected chi connectivity index (χ3v) is 2.61.